The van der Waals surface area contributed by atoms with Gasteiger partial charge in [-0.25, -0.2) is 4.79 Å². The van der Waals surface area contributed by atoms with E-state index in [1.165, 1.54) is 0 Å². The highest BCUT2D eigenvalue weighted by molar-refractivity contribution is 6.42. The van der Waals surface area contributed by atoms with Crippen molar-refractivity contribution in [1.82, 2.24) is 0 Å². The van der Waals surface area contributed by atoms with E-state index < -0.39 is 11.6 Å². The molecule has 33 heavy (non-hydrogen) atoms. The Labute approximate surface area is 206 Å². The Balaban J connectivity index is 1.61. The SMILES string of the molecule is O=C(OCCC1(c2ccc(Cl)c(Cl)c2)CN(c2ccc(Cl)cc2)C(=O)CO1)c1ccccc1. The molecule has 4 rings (SSSR count). The van der Waals surface area contributed by atoms with Crippen molar-refractivity contribution in [3.8, 4) is 0 Å². The lowest BCUT2D eigenvalue weighted by Gasteiger charge is -2.43. The second-order valence-electron chi connectivity index (χ2n) is 7.62. The van der Waals surface area contributed by atoms with E-state index in [2.05, 4.69) is 0 Å². The van der Waals surface area contributed by atoms with E-state index in [0.717, 1.165) is 5.56 Å². The lowest BCUT2D eigenvalue weighted by molar-refractivity contribution is -0.142. The summed E-state index contributed by atoms with van der Waals surface area (Å²) in [5, 5.41) is 1.35. The third-order valence-electron chi connectivity index (χ3n) is 5.52. The van der Waals surface area contributed by atoms with E-state index in [0.29, 0.717) is 32.7 Å². The summed E-state index contributed by atoms with van der Waals surface area (Å²) in [5.41, 5.74) is 0.930. The number of benzene rings is 3. The van der Waals surface area contributed by atoms with Gasteiger partial charge in [0.1, 0.15) is 12.2 Å². The predicted octanol–water partition coefficient (Wildman–Crippen LogP) is 6.15. The van der Waals surface area contributed by atoms with Crippen molar-refractivity contribution >= 4 is 52.4 Å². The topological polar surface area (TPSA) is 55.8 Å². The number of hydrogen-bond acceptors (Lipinski definition) is 4. The molecular weight excluding hydrogens is 485 g/mol. The van der Waals surface area contributed by atoms with Crippen LogP contribution in [0.15, 0.2) is 72.8 Å². The van der Waals surface area contributed by atoms with Crippen molar-refractivity contribution in [3.05, 3.63) is 99.0 Å². The van der Waals surface area contributed by atoms with Gasteiger partial charge in [-0.15, -0.1) is 0 Å². The van der Waals surface area contributed by atoms with Gasteiger partial charge in [-0.05, 0) is 54.1 Å². The number of anilines is 1. The van der Waals surface area contributed by atoms with Crippen LogP contribution in [0.25, 0.3) is 0 Å². The van der Waals surface area contributed by atoms with Gasteiger partial charge in [0, 0.05) is 17.1 Å². The lowest BCUT2D eigenvalue weighted by Crippen LogP contribution is -2.53. The molecule has 0 aliphatic carbocycles. The Morgan fingerprint density at radius 3 is 2.39 bits per heavy atom. The van der Waals surface area contributed by atoms with Crippen LogP contribution in [0.4, 0.5) is 5.69 Å². The largest absolute Gasteiger partial charge is 0.462 e. The molecule has 5 nitrogen and oxygen atoms in total. The predicted molar refractivity (Wildman–Crippen MR) is 129 cm³/mol. The van der Waals surface area contributed by atoms with E-state index in [-0.39, 0.29) is 25.7 Å². The number of amides is 1. The molecule has 1 fully saturated rings. The fraction of sp³-hybridized carbons (Fsp3) is 0.200. The highest BCUT2D eigenvalue weighted by Gasteiger charge is 2.42. The summed E-state index contributed by atoms with van der Waals surface area (Å²) < 4.78 is 11.6. The van der Waals surface area contributed by atoms with Gasteiger partial charge in [0.25, 0.3) is 5.91 Å². The van der Waals surface area contributed by atoms with Gasteiger partial charge in [0.15, 0.2) is 0 Å². The lowest BCUT2D eigenvalue weighted by atomic mass is 9.88. The molecule has 1 amide bonds. The molecule has 8 heteroatoms. The fourth-order valence-electron chi connectivity index (χ4n) is 3.74. The van der Waals surface area contributed by atoms with Gasteiger partial charge in [-0.3, -0.25) is 4.79 Å². The summed E-state index contributed by atoms with van der Waals surface area (Å²) in [7, 11) is 0. The van der Waals surface area contributed by atoms with Crippen LogP contribution in [0.1, 0.15) is 22.3 Å². The summed E-state index contributed by atoms with van der Waals surface area (Å²) in [6.07, 6.45) is 0.306. The number of halogens is 3. The first-order valence-electron chi connectivity index (χ1n) is 10.3. The van der Waals surface area contributed by atoms with Gasteiger partial charge in [-0.1, -0.05) is 59.1 Å². The zero-order valence-electron chi connectivity index (χ0n) is 17.5. The highest BCUT2D eigenvalue weighted by Crippen LogP contribution is 2.38. The van der Waals surface area contributed by atoms with Crippen LogP contribution in [0.3, 0.4) is 0 Å². The molecule has 1 aliphatic heterocycles. The van der Waals surface area contributed by atoms with Gasteiger partial charge < -0.3 is 14.4 Å². The number of rotatable bonds is 6. The Kier molecular flexibility index (Phi) is 7.25. The second-order valence-corrected chi connectivity index (χ2v) is 8.87. The van der Waals surface area contributed by atoms with Crippen LogP contribution >= 0.6 is 34.8 Å². The van der Waals surface area contributed by atoms with Crippen molar-refractivity contribution in [3.63, 3.8) is 0 Å². The maximum atomic E-state index is 12.7. The zero-order chi connectivity index (χ0) is 23.4. The summed E-state index contributed by atoms with van der Waals surface area (Å²) in [5.74, 6) is -0.615. The number of morpholine rings is 1. The maximum absolute atomic E-state index is 12.7. The van der Waals surface area contributed by atoms with Crippen molar-refractivity contribution in [2.45, 2.75) is 12.0 Å². The molecule has 0 spiro atoms. The van der Waals surface area contributed by atoms with E-state index in [1.807, 2.05) is 12.1 Å². The number of esters is 1. The first-order valence-corrected chi connectivity index (χ1v) is 11.4. The van der Waals surface area contributed by atoms with Gasteiger partial charge in [0.05, 0.1) is 28.8 Å². The molecule has 3 aromatic carbocycles. The van der Waals surface area contributed by atoms with Crippen LogP contribution in [-0.2, 0) is 19.9 Å². The minimum absolute atomic E-state index is 0.0800. The first kappa shape index (κ1) is 23.6. The number of hydrogen-bond donors (Lipinski definition) is 0. The van der Waals surface area contributed by atoms with Crippen molar-refractivity contribution < 1.29 is 19.1 Å². The Morgan fingerprint density at radius 2 is 1.70 bits per heavy atom. The highest BCUT2D eigenvalue weighted by atomic mass is 35.5. The van der Waals surface area contributed by atoms with Gasteiger partial charge in [-0.2, -0.15) is 0 Å². The average molecular weight is 505 g/mol. The van der Waals surface area contributed by atoms with E-state index in [9.17, 15) is 9.59 Å². The molecule has 1 atom stereocenters. The van der Waals surface area contributed by atoms with Crippen LogP contribution in [0.5, 0.6) is 0 Å². The van der Waals surface area contributed by atoms with E-state index >= 15 is 0 Å². The van der Waals surface area contributed by atoms with Crippen molar-refractivity contribution in [2.75, 3.05) is 24.7 Å². The Morgan fingerprint density at radius 1 is 0.970 bits per heavy atom. The van der Waals surface area contributed by atoms with Crippen molar-refractivity contribution in [2.24, 2.45) is 0 Å². The normalized spacial score (nSPS) is 18.3. The maximum Gasteiger partial charge on any atom is 0.338 e. The summed E-state index contributed by atoms with van der Waals surface area (Å²) in [4.78, 5) is 26.8. The number of nitrogens with zero attached hydrogens (tertiary/aromatic N) is 1. The van der Waals surface area contributed by atoms with Crippen molar-refractivity contribution in [1.29, 1.82) is 0 Å². The third-order valence-corrected chi connectivity index (χ3v) is 6.51. The fourth-order valence-corrected chi connectivity index (χ4v) is 4.16. The minimum atomic E-state index is -0.960. The zero-order valence-corrected chi connectivity index (χ0v) is 19.7. The van der Waals surface area contributed by atoms with Crippen LogP contribution in [0, 0.1) is 0 Å². The van der Waals surface area contributed by atoms with Crippen LogP contribution in [-0.4, -0.2) is 31.6 Å². The molecule has 170 valence electrons. The molecule has 0 aromatic heterocycles. The van der Waals surface area contributed by atoms with E-state index in [4.69, 9.17) is 44.3 Å². The van der Waals surface area contributed by atoms with Gasteiger partial charge in [0.2, 0.25) is 0 Å². The minimum Gasteiger partial charge on any atom is -0.462 e. The third kappa shape index (κ3) is 5.33. The molecule has 1 heterocycles. The second kappa shape index (κ2) is 10.1. The molecule has 0 saturated carbocycles. The number of carbonyl (C=O) groups excluding carboxylic acids is 2. The monoisotopic (exact) mass is 503 g/mol. The van der Waals surface area contributed by atoms with E-state index in [1.54, 1.807) is 65.6 Å². The average Bonchev–Trinajstić information content (AvgIpc) is 2.83. The number of carbonyl (C=O) groups is 2. The summed E-state index contributed by atoms with van der Waals surface area (Å²) >= 11 is 18.4. The van der Waals surface area contributed by atoms with Gasteiger partial charge >= 0.3 is 5.97 Å². The summed E-state index contributed by atoms with van der Waals surface area (Å²) in [6, 6.07) is 21.0. The quantitative estimate of drug-likeness (QED) is 0.378. The molecule has 0 bridgehead atoms. The molecule has 0 radical (unpaired) electrons. The Bertz CT molecular complexity index is 1150. The first-order chi connectivity index (χ1) is 15.9. The molecule has 1 unspecified atom stereocenters. The molecular formula is C25H20Cl3NO4. The molecule has 1 aliphatic rings. The Hall–Kier alpha value is -2.57. The smallest absolute Gasteiger partial charge is 0.338 e. The van der Waals surface area contributed by atoms with Crippen LogP contribution < -0.4 is 4.90 Å². The molecule has 0 N–H and O–H groups in total. The molecule has 3 aromatic rings. The summed E-state index contributed by atoms with van der Waals surface area (Å²) in [6.45, 7) is 0.139. The van der Waals surface area contributed by atoms with Crippen LogP contribution in [0.2, 0.25) is 15.1 Å². The number of ether oxygens (including phenoxy) is 2. The standard InChI is InChI=1S/C25H20Cl3NO4/c26-19-7-9-20(10-8-19)29-16-25(33-15-23(29)30,18-6-11-21(27)22(28)14-18)12-13-32-24(31)17-4-2-1-3-5-17/h1-11,14H,12-13,15-16H2. The molecule has 1 saturated heterocycles.